The number of rotatable bonds is 20. The van der Waals surface area contributed by atoms with Crippen molar-refractivity contribution in [3.8, 4) is 5.75 Å². The summed E-state index contributed by atoms with van der Waals surface area (Å²) in [5.74, 6) is -5.32. The average molecular weight is 1230 g/mol. The molecule has 0 radical (unpaired) electrons. The lowest BCUT2D eigenvalue weighted by Gasteiger charge is -2.42. The second kappa shape index (κ2) is 28.9. The van der Waals surface area contributed by atoms with Gasteiger partial charge in [0, 0.05) is 70.3 Å². The molecule has 0 spiro atoms. The number of nitrogens with zero attached hydrogens (tertiary/aromatic N) is 3. The summed E-state index contributed by atoms with van der Waals surface area (Å²) in [6.45, 7) is 8.72. The highest BCUT2D eigenvalue weighted by atomic mass is 35.5. The normalized spacial score (nSPS) is 24.7. The van der Waals surface area contributed by atoms with Crippen LogP contribution in [-0.4, -0.2) is 150 Å². The first-order valence-electron chi connectivity index (χ1n) is 28.5. The summed E-state index contributed by atoms with van der Waals surface area (Å²) in [7, 11) is 4.37. The number of halogens is 1. The maximum atomic E-state index is 14.5. The molecule has 4 aliphatic heterocycles. The van der Waals surface area contributed by atoms with Crippen molar-refractivity contribution in [1.82, 2.24) is 31.3 Å². The maximum Gasteiger partial charge on any atom is 0.412 e. The molecule has 87 heavy (non-hydrogen) atoms. The Morgan fingerprint density at radius 2 is 1.67 bits per heavy atom. The van der Waals surface area contributed by atoms with Gasteiger partial charge in [-0.25, -0.2) is 19.2 Å². The summed E-state index contributed by atoms with van der Waals surface area (Å²) in [5, 5.41) is 28.8. The Balaban J connectivity index is 1.08. The molecule has 28 heteroatoms. The van der Waals surface area contributed by atoms with Crippen LogP contribution in [0.5, 0.6) is 5.75 Å². The number of alkyl carbamates (subject to hydrolysis) is 1. The lowest BCUT2D eigenvalue weighted by Crippen LogP contribution is -2.63. The fourth-order valence-corrected chi connectivity index (χ4v) is 11.0. The summed E-state index contributed by atoms with van der Waals surface area (Å²) < 4.78 is 29.6. The molecule has 27 nitrogen and oxygen atoms in total. The fourth-order valence-electron chi connectivity index (χ4n) is 10.7. The van der Waals surface area contributed by atoms with E-state index in [1.165, 1.54) is 44.5 Å². The number of benzene rings is 2. The highest BCUT2D eigenvalue weighted by molar-refractivity contribution is 6.35. The summed E-state index contributed by atoms with van der Waals surface area (Å²) in [4.78, 5) is 141. The second-order valence-corrected chi connectivity index (χ2v) is 22.8. The topological polar surface area (TPSA) is 367 Å². The molecule has 3 aromatic rings. The van der Waals surface area contributed by atoms with Crippen LogP contribution in [0.25, 0.3) is 10.9 Å². The molecule has 0 unspecified atom stereocenters. The van der Waals surface area contributed by atoms with Gasteiger partial charge >= 0.3 is 24.2 Å². The van der Waals surface area contributed by atoms with Crippen LogP contribution in [0.1, 0.15) is 104 Å². The molecule has 1 aromatic heterocycles. The molecular formula is C59H75ClN10O17. The number of nitrogens with one attached hydrogen (secondary N) is 6. The Morgan fingerprint density at radius 3 is 2.36 bits per heavy atom. The Kier molecular flexibility index (Phi) is 21.9. The Bertz CT molecular complexity index is 3200. The van der Waals surface area contributed by atoms with Gasteiger partial charge in [-0.3, -0.25) is 44.4 Å². The van der Waals surface area contributed by atoms with Crippen LogP contribution in [0.4, 0.5) is 31.4 Å². The molecule has 4 bridgehead atoms. The second-order valence-electron chi connectivity index (χ2n) is 22.4. The van der Waals surface area contributed by atoms with Gasteiger partial charge in [0.25, 0.3) is 11.8 Å². The van der Waals surface area contributed by atoms with Crippen LogP contribution < -0.4 is 47.3 Å². The van der Waals surface area contributed by atoms with Gasteiger partial charge in [-0.2, -0.15) is 0 Å². The van der Waals surface area contributed by atoms with Gasteiger partial charge in [0.2, 0.25) is 23.6 Å². The number of carbonyl (C=O) groups excluding carboxylic acids is 10. The van der Waals surface area contributed by atoms with Crippen molar-refractivity contribution in [2.24, 2.45) is 17.6 Å². The minimum absolute atomic E-state index is 0.0120. The number of fused-ring (bicyclic) bond motifs is 6. The number of urea groups is 1. The number of pyridine rings is 1. The molecule has 4 aliphatic rings. The van der Waals surface area contributed by atoms with Gasteiger partial charge in [-0.15, -0.1) is 5.06 Å². The Hall–Kier alpha value is -8.40. The Labute approximate surface area is 507 Å². The van der Waals surface area contributed by atoms with Crippen molar-refractivity contribution >= 4 is 99.2 Å². The molecule has 5 heterocycles. The van der Waals surface area contributed by atoms with E-state index in [1.807, 2.05) is 13.0 Å². The predicted molar refractivity (Wildman–Crippen MR) is 314 cm³/mol. The first-order valence-corrected chi connectivity index (χ1v) is 28.9. The van der Waals surface area contributed by atoms with Crippen molar-refractivity contribution in [3.63, 3.8) is 0 Å². The molecule has 9 atom stereocenters. The standard InChI is InChI=1S/C59H75ClN10O17/c1-31(2)50(67-44(71)18-9-10-19-48(75)87-70-45(72)22-23-46(70)73)54(77)65-38(16-13-25-63-55(61)78)53(76)64-37-21-20-36(35-15-12-24-62-51(35)37)66-56(79)85-43-29-47(74)69(6)39-27-34(28-40(82-7)49(39)60)26-32(3)14-11-17-42(83-8)59(81)30-41(84-57(80)68-59)33(4)52-58(43,5)86-52/h11-12,14-15,17,20-21,24,27-28,31,33,38,41-43,50,52,81H,9-10,13,16,18-19,22-23,25-26,29-30H2,1-8H3,(H,64,76)(H,65,77)(H,66,79)(H,67,71)(H,68,80)(H3,61,63,78)/b17-11+,32-14+/t33-,38+,41+,42-,43+,50+,52+,58+,59+/m1/s1. The van der Waals surface area contributed by atoms with Crippen LogP contribution >= 0.6 is 11.6 Å². The lowest BCUT2D eigenvalue weighted by molar-refractivity contribution is -0.197. The zero-order valence-electron chi connectivity index (χ0n) is 49.7. The van der Waals surface area contributed by atoms with Gasteiger partial charge in [-0.1, -0.05) is 56.2 Å². The number of anilines is 3. The van der Waals surface area contributed by atoms with E-state index in [1.54, 1.807) is 64.1 Å². The lowest BCUT2D eigenvalue weighted by atomic mass is 9.83. The number of amides is 10. The van der Waals surface area contributed by atoms with Gasteiger partial charge in [0.1, 0.15) is 46.8 Å². The van der Waals surface area contributed by atoms with E-state index in [-0.39, 0.29) is 86.2 Å². The molecule has 7 rings (SSSR count). The molecule has 2 aromatic carbocycles. The number of hydrogen-bond acceptors (Lipinski definition) is 18. The van der Waals surface area contributed by atoms with Crippen molar-refractivity contribution in [2.45, 2.75) is 153 Å². The smallest absolute Gasteiger partial charge is 0.412 e. The summed E-state index contributed by atoms with van der Waals surface area (Å²) in [6.07, 6.45) is 0.560. The van der Waals surface area contributed by atoms with E-state index in [9.17, 15) is 53.1 Å². The number of primary amides is 1. The third-order valence-electron chi connectivity index (χ3n) is 15.6. The number of aliphatic hydroxyl groups is 1. The van der Waals surface area contributed by atoms with Crippen molar-refractivity contribution in [2.75, 3.05) is 43.3 Å². The zero-order chi connectivity index (χ0) is 63.5. The number of hydroxylamine groups is 2. The van der Waals surface area contributed by atoms with Crippen molar-refractivity contribution in [3.05, 3.63) is 77.0 Å². The highest BCUT2D eigenvalue weighted by Gasteiger charge is 2.64. The van der Waals surface area contributed by atoms with Gasteiger partial charge < -0.3 is 65.5 Å². The van der Waals surface area contributed by atoms with E-state index in [0.29, 0.717) is 28.3 Å². The van der Waals surface area contributed by atoms with Gasteiger partial charge in [-0.05, 0) is 93.8 Å². The molecular weight excluding hydrogens is 1160 g/mol. The monoisotopic (exact) mass is 1230 g/mol. The van der Waals surface area contributed by atoms with Gasteiger partial charge in [0.15, 0.2) is 5.72 Å². The van der Waals surface area contributed by atoms with E-state index < -0.39 is 126 Å². The number of methoxy groups -OCH3 is 2. The zero-order valence-corrected chi connectivity index (χ0v) is 50.4. The molecule has 3 fully saturated rings. The number of carbonyl (C=O) groups is 10. The number of aromatic nitrogens is 1. The van der Waals surface area contributed by atoms with Crippen molar-refractivity contribution in [1.29, 1.82) is 0 Å². The maximum absolute atomic E-state index is 14.5. The minimum atomic E-state index is -1.92. The molecule has 0 aliphatic carbocycles. The predicted octanol–water partition coefficient (Wildman–Crippen LogP) is 5.10. The van der Waals surface area contributed by atoms with Gasteiger partial charge in [0.05, 0.1) is 42.2 Å². The SMILES string of the molecule is COc1cc2cc(c1Cl)N(C)C(=O)C[C@H](OC(=O)Nc1ccc(NC(=O)[C@H](CCCNC(N)=O)NC(=O)[C@@H](NC(=O)CCCCC(=O)ON3C(=O)CCC3=O)C(C)C)c3ncccc13)[C@]1(C)O[C@H]1[C@H](C)[C@@H]1C[C@@](O)(NC(=O)O1)[C@H](OC)/C=C/C=C(\C)C2. The molecule has 9 N–H and O–H groups in total. The number of unbranched alkanes of at least 4 members (excludes halogenated alkanes) is 1. The van der Waals surface area contributed by atoms with Crippen LogP contribution in [0.2, 0.25) is 5.02 Å². The number of imide groups is 1. The summed E-state index contributed by atoms with van der Waals surface area (Å²) >= 11 is 6.86. The fraction of sp³-hybridized carbons (Fsp3) is 0.508. The quantitative estimate of drug-likeness (QED) is 0.0414. The number of nitrogens with two attached hydrogens (primary N) is 1. The first-order chi connectivity index (χ1) is 41.2. The van der Waals surface area contributed by atoms with Crippen LogP contribution in [0.3, 0.4) is 0 Å². The number of hydrogen-bond donors (Lipinski definition) is 8. The molecule has 3 saturated heterocycles. The van der Waals surface area contributed by atoms with Crippen LogP contribution in [0.15, 0.2) is 66.4 Å². The molecule has 470 valence electrons. The van der Waals surface area contributed by atoms with Crippen LogP contribution in [-0.2, 0) is 63.8 Å². The van der Waals surface area contributed by atoms with Crippen LogP contribution in [0, 0.1) is 11.8 Å². The first kappa shape index (κ1) is 66.1. The van der Waals surface area contributed by atoms with Crippen molar-refractivity contribution < 1.29 is 81.6 Å². The highest BCUT2D eigenvalue weighted by Crippen LogP contribution is 2.49. The third kappa shape index (κ3) is 16.6. The Morgan fingerprint density at radius 1 is 0.954 bits per heavy atom. The summed E-state index contributed by atoms with van der Waals surface area (Å²) in [6, 6.07) is 6.48. The number of ether oxygens (including phenoxy) is 5. The molecule has 10 amide bonds. The van der Waals surface area contributed by atoms with E-state index in [2.05, 4.69) is 36.9 Å². The van der Waals surface area contributed by atoms with E-state index in [4.69, 9.17) is 45.9 Å². The largest absolute Gasteiger partial charge is 0.495 e. The van der Waals surface area contributed by atoms with E-state index >= 15 is 0 Å². The molecule has 0 saturated carbocycles. The average Bonchev–Trinajstić information content (AvgIpc) is 1.59. The number of epoxide rings is 1. The van der Waals surface area contributed by atoms with E-state index in [0.717, 1.165) is 11.1 Å². The summed E-state index contributed by atoms with van der Waals surface area (Å²) in [5.41, 5.74) is 4.42. The number of allylic oxidation sites excluding steroid dienone is 3. The minimum Gasteiger partial charge on any atom is -0.495 e. The third-order valence-corrected chi connectivity index (χ3v) is 15.9.